The maximum absolute atomic E-state index is 4.12. The SMILES string of the molecule is Cn1ncnc1CNc1ccncc1Br. The zero-order valence-electron chi connectivity index (χ0n) is 8.18. The zero-order chi connectivity index (χ0) is 10.7. The van der Waals surface area contributed by atoms with E-state index in [2.05, 4.69) is 36.3 Å². The molecule has 0 aliphatic heterocycles. The van der Waals surface area contributed by atoms with E-state index in [0.29, 0.717) is 6.54 Å². The van der Waals surface area contributed by atoms with E-state index in [4.69, 9.17) is 0 Å². The minimum Gasteiger partial charge on any atom is -0.377 e. The molecule has 1 N–H and O–H groups in total. The average molecular weight is 268 g/mol. The van der Waals surface area contributed by atoms with Crippen molar-refractivity contribution < 1.29 is 0 Å². The molecule has 0 bridgehead atoms. The van der Waals surface area contributed by atoms with E-state index in [-0.39, 0.29) is 0 Å². The van der Waals surface area contributed by atoms with E-state index in [1.807, 2.05) is 13.1 Å². The summed E-state index contributed by atoms with van der Waals surface area (Å²) in [6.45, 7) is 0.638. The highest BCUT2D eigenvalue weighted by Crippen LogP contribution is 2.20. The van der Waals surface area contributed by atoms with Crippen molar-refractivity contribution in [3.63, 3.8) is 0 Å². The van der Waals surface area contributed by atoms with Crippen LogP contribution in [0.4, 0.5) is 5.69 Å². The number of aryl methyl sites for hydroxylation is 1. The lowest BCUT2D eigenvalue weighted by molar-refractivity contribution is 0.712. The van der Waals surface area contributed by atoms with Gasteiger partial charge in [-0.1, -0.05) is 0 Å². The van der Waals surface area contributed by atoms with Gasteiger partial charge in [-0.25, -0.2) is 4.98 Å². The molecule has 0 amide bonds. The molecule has 2 heterocycles. The number of nitrogens with one attached hydrogen (secondary N) is 1. The first kappa shape index (κ1) is 10.1. The van der Waals surface area contributed by atoms with Gasteiger partial charge < -0.3 is 5.32 Å². The second-order valence-electron chi connectivity index (χ2n) is 3.01. The Morgan fingerprint density at radius 3 is 3.07 bits per heavy atom. The van der Waals surface area contributed by atoms with Crippen molar-refractivity contribution in [2.24, 2.45) is 7.05 Å². The molecule has 0 atom stereocenters. The van der Waals surface area contributed by atoms with Gasteiger partial charge in [-0.15, -0.1) is 0 Å². The lowest BCUT2D eigenvalue weighted by Gasteiger charge is -2.06. The molecule has 0 aliphatic carbocycles. The quantitative estimate of drug-likeness (QED) is 0.918. The van der Waals surface area contributed by atoms with Crippen LogP contribution in [0, 0.1) is 0 Å². The third kappa shape index (κ3) is 2.33. The fourth-order valence-electron chi connectivity index (χ4n) is 1.17. The molecule has 6 heteroatoms. The van der Waals surface area contributed by atoms with Gasteiger partial charge in [0.2, 0.25) is 0 Å². The molecule has 15 heavy (non-hydrogen) atoms. The number of pyridine rings is 1. The number of nitrogens with zero attached hydrogens (tertiary/aromatic N) is 4. The Bertz CT molecular complexity index is 453. The highest BCUT2D eigenvalue weighted by atomic mass is 79.9. The van der Waals surface area contributed by atoms with Crippen molar-refractivity contribution in [2.75, 3.05) is 5.32 Å². The highest BCUT2D eigenvalue weighted by Gasteiger charge is 2.02. The fraction of sp³-hybridized carbons (Fsp3) is 0.222. The summed E-state index contributed by atoms with van der Waals surface area (Å²) >= 11 is 3.41. The minimum absolute atomic E-state index is 0.638. The number of anilines is 1. The van der Waals surface area contributed by atoms with Crippen molar-refractivity contribution in [1.82, 2.24) is 19.7 Å². The predicted octanol–water partition coefficient (Wildman–Crippen LogP) is 1.58. The Balaban J connectivity index is 2.06. The second-order valence-corrected chi connectivity index (χ2v) is 3.86. The summed E-state index contributed by atoms with van der Waals surface area (Å²) in [4.78, 5) is 8.11. The normalized spacial score (nSPS) is 10.3. The highest BCUT2D eigenvalue weighted by molar-refractivity contribution is 9.10. The van der Waals surface area contributed by atoms with E-state index in [1.165, 1.54) is 0 Å². The first-order chi connectivity index (χ1) is 7.27. The number of hydrogen-bond acceptors (Lipinski definition) is 4. The van der Waals surface area contributed by atoms with Crippen LogP contribution in [0.15, 0.2) is 29.3 Å². The van der Waals surface area contributed by atoms with Gasteiger partial charge in [0.25, 0.3) is 0 Å². The molecule has 0 spiro atoms. The van der Waals surface area contributed by atoms with Gasteiger partial charge in [0.15, 0.2) is 0 Å². The second kappa shape index (κ2) is 4.39. The summed E-state index contributed by atoms with van der Waals surface area (Å²) in [5, 5.41) is 7.24. The lowest BCUT2D eigenvalue weighted by Crippen LogP contribution is -2.07. The first-order valence-electron chi connectivity index (χ1n) is 4.43. The molecule has 5 nitrogen and oxygen atoms in total. The fourth-order valence-corrected chi connectivity index (χ4v) is 1.56. The van der Waals surface area contributed by atoms with Crippen LogP contribution >= 0.6 is 15.9 Å². The van der Waals surface area contributed by atoms with Crippen LogP contribution in [-0.2, 0) is 13.6 Å². The minimum atomic E-state index is 0.638. The molecule has 0 radical (unpaired) electrons. The summed E-state index contributed by atoms with van der Waals surface area (Å²) in [5.74, 6) is 0.888. The Hall–Kier alpha value is -1.43. The van der Waals surface area contributed by atoms with Gasteiger partial charge in [-0.2, -0.15) is 5.10 Å². The van der Waals surface area contributed by atoms with Crippen LogP contribution < -0.4 is 5.32 Å². The monoisotopic (exact) mass is 267 g/mol. The lowest BCUT2D eigenvalue weighted by atomic mass is 10.4. The first-order valence-corrected chi connectivity index (χ1v) is 5.23. The summed E-state index contributed by atoms with van der Waals surface area (Å²) in [6.07, 6.45) is 5.03. The van der Waals surface area contributed by atoms with Crippen molar-refractivity contribution in [1.29, 1.82) is 0 Å². The zero-order valence-corrected chi connectivity index (χ0v) is 9.77. The van der Waals surface area contributed by atoms with Crippen LogP contribution in [0.5, 0.6) is 0 Å². The Kier molecular flexibility index (Phi) is 2.96. The van der Waals surface area contributed by atoms with Crippen LogP contribution in [-0.4, -0.2) is 19.7 Å². The van der Waals surface area contributed by atoms with Gasteiger partial charge in [-0.05, 0) is 22.0 Å². The Morgan fingerprint density at radius 2 is 2.40 bits per heavy atom. The molecule has 0 fully saturated rings. The third-order valence-electron chi connectivity index (χ3n) is 2.01. The van der Waals surface area contributed by atoms with E-state index in [9.17, 15) is 0 Å². The molecular weight excluding hydrogens is 258 g/mol. The van der Waals surface area contributed by atoms with Crippen LogP contribution in [0.1, 0.15) is 5.82 Å². The van der Waals surface area contributed by atoms with Gasteiger partial charge in [0.1, 0.15) is 12.2 Å². The van der Waals surface area contributed by atoms with Gasteiger partial charge >= 0.3 is 0 Å². The topological polar surface area (TPSA) is 55.6 Å². The summed E-state index contributed by atoms with van der Waals surface area (Å²) in [6, 6.07) is 1.90. The summed E-state index contributed by atoms with van der Waals surface area (Å²) < 4.78 is 2.68. The third-order valence-corrected chi connectivity index (χ3v) is 2.65. The molecule has 0 saturated heterocycles. The van der Waals surface area contributed by atoms with Crippen molar-refractivity contribution in [2.45, 2.75) is 6.54 Å². The number of hydrogen-bond donors (Lipinski definition) is 1. The number of aromatic nitrogens is 4. The van der Waals surface area contributed by atoms with Crippen LogP contribution in [0.3, 0.4) is 0 Å². The molecule has 2 aromatic rings. The summed E-state index contributed by atoms with van der Waals surface area (Å²) in [5.41, 5.74) is 0.994. The van der Waals surface area contributed by atoms with Crippen molar-refractivity contribution in [3.05, 3.63) is 35.1 Å². The van der Waals surface area contributed by atoms with Crippen LogP contribution in [0.25, 0.3) is 0 Å². The Labute approximate surface area is 95.7 Å². The van der Waals surface area contributed by atoms with E-state index in [1.54, 1.807) is 23.4 Å². The van der Waals surface area contributed by atoms with Crippen molar-refractivity contribution in [3.8, 4) is 0 Å². The largest absolute Gasteiger partial charge is 0.377 e. The summed E-state index contributed by atoms with van der Waals surface area (Å²) in [7, 11) is 1.87. The molecule has 0 aliphatic rings. The van der Waals surface area contributed by atoms with E-state index >= 15 is 0 Å². The maximum Gasteiger partial charge on any atom is 0.145 e. The molecule has 2 rings (SSSR count). The van der Waals surface area contributed by atoms with Gasteiger partial charge in [0, 0.05) is 19.4 Å². The van der Waals surface area contributed by atoms with Gasteiger partial charge in [-0.3, -0.25) is 9.67 Å². The van der Waals surface area contributed by atoms with Crippen molar-refractivity contribution >= 4 is 21.6 Å². The van der Waals surface area contributed by atoms with Crippen LogP contribution in [0.2, 0.25) is 0 Å². The molecule has 0 saturated carbocycles. The van der Waals surface area contributed by atoms with E-state index in [0.717, 1.165) is 16.0 Å². The molecule has 0 aromatic carbocycles. The smallest absolute Gasteiger partial charge is 0.145 e. The molecule has 78 valence electrons. The standard InChI is InChI=1S/C9H10BrN5/c1-15-9(13-6-14-15)5-12-8-2-3-11-4-7(8)10/h2-4,6H,5H2,1H3,(H,11,12). The number of rotatable bonds is 3. The maximum atomic E-state index is 4.12. The Morgan fingerprint density at radius 1 is 1.53 bits per heavy atom. The van der Waals surface area contributed by atoms with E-state index < -0.39 is 0 Å². The van der Waals surface area contributed by atoms with Gasteiger partial charge in [0.05, 0.1) is 16.7 Å². The molecular formula is C9H10BrN5. The number of halogens is 1. The molecule has 0 unspecified atom stereocenters. The predicted molar refractivity (Wildman–Crippen MR) is 60.3 cm³/mol. The average Bonchev–Trinajstić information content (AvgIpc) is 2.63. The molecule has 2 aromatic heterocycles.